The molecule has 28 heavy (non-hydrogen) atoms. The second-order valence-electron chi connectivity index (χ2n) is 6.77. The lowest BCUT2D eigenvalue weighted by atomic mass is 9.77. The number of aromatic nitrogens is 1. The van der Waals surface area contributed by atoms with Gasteiger partial charge in [0.2, 0.25) is 0 Å². The molecule has 5 nitrogen and oxygen atoms in total. The summed E-state index contributed by atoms with van der Waals surface area (Å²) in [7, 11) is 0. The molecule has 0 spiro atoms. The molecule has 1 aliphatic rings. The summed E-state index contributed by atoms with van der Waals surface area (Å²) in [5, 5.41) is 11.4. The minimum absolute atomic E-state index is 0.00122. The lowest BCUT2D eigenvalue weighted by Gasteiger charge is -2.28. The van der Waals surface area contributed by atoms with Crippen LogP contribution in [0.1, 0.15) is 54.2 Å². The smallest absolute Gasteiger partial charge is 0.306 e. The van der Waals surface area contributed by atoms with Crippen molar-refractivity contribution in [2.75, 3.05) is 6.61 Å². The van der Waals surface area contributed by atoms with E-state index in [1.54, 1.807) is 18.5 Å². The maximum atomic E-state index is 13.1. The topological polar surface area (TPSA) is 76.5 Å². The van der Waals surface area contributed by atoms with Gasteiger partial charge in [0.1, 0.15) is 5.76 Å². The molecule has 0 radical (unpaired) electrons. The fraction of sp³-hybridized carbons (Fsp3) is 0.381. The van der Waals surface area contributed by atoms with Gasteiger partial charge in [0.05, 0.1) is 24.2 Å². The Morgan fingerprint density at radius 2 is 2.14 bits per heavy atom. The van der Waals surface area contributed by atoms with Crippen LogP contribution in [0.5, 0.6) is 0 Å². The number of rotatable bonds is 6. The number of hydrogen-bond donors (Lipinski definition) is 1. The summed E-state index contributed by atoms with van der Waals surface area (Å²) in [6, 6.07) is 7.36. The molecule has 1 aliphatic carbocycles. The Balaban J connectivity index is 1.96. The summed E-state index contributed by atoms with van der Waals surface area (Å²) in [5.41, 5.74) is 3.57. The third-order valence-corrected chi connectivity index (χ3v) is 6.34. The van der Waals surface area contributed by atoms with Gasteiger partial charge in [0, 0.05) is 34.2 Å². The van der Waals surface area contributed by atoms with Crippen LogP contribution in [-0.4, -0.2) is 28.4 Å². The molecule has 1 aromatic carbocycles. The fourth-order valence-electron chi connectivity index (χ4n) is 3.69. The van der Waals surface area contributed by atoms with E-state index in [2.05, 4.69) is 4.98 Å². The molecule has 0 saturated carbocycles. The minimum Gasteiger partial charge on any atom is -0.512 e. The summed E-state index contributed by atoms with van der Waals surface area (Å²) < 4.78 is 5.09. The number of aryl methyl sites for hydroxylation is 1. The molecule has 7 heteroatoms. The number of ether oxygens (including phenoxy) is 1. The van der Waals surface area contributed by atoms with Gasteiger partial charge in [-0.1, -0.05) is 29.8 Å². The predicted octanol–water partition coefficient (Wildman–Crippen LogP) is 5.10. The zero-order valence-electron chi connectivity index (χ0n) is 15.8. The van der Waals surface area contributed by atoms with E-state index in [1.807, 2.05) is 25.1 Å². The standard InChI is InChI=1S/C21H22ClNO4S/c1-3-27-19(26)10-15(21-12(2)23-11-28-21)20-17(24)8-13(9-18(20)25)14-6-4-5-7-16(14)22/h4-7,11,13,15,24H,3,8-10H2,1-2H3. The highest BCUT2D eigenvalue weighted by molar-refractivity contribution is 7.09. The number of benzene rings is 1. The first-order valence-corrected chi connectivity index (χ1v) is 10.4. The van der Waals surface area contributed by atoms with E-state index in [4.69, 9.17) is 16.3 Å². The van der Waals surface area contributed by atoms with Gasteiger partial charge >= 0.3 is 5.97 Å². The monoisotopic (exact) mass is 419 g/mol. The molecule has 0 bridgehead atoms. The van der Waals surface area contributed by atoms with Crippen LogP contribution in [0.3, 0.4) is 0 Å². The SMILES string of the molecule is CCOC(=O)CC(C1=C(O)CC(c2ccccc2Cl)CC1=O)c1scnc1C. The second-order valence-corrected chi connectivity index (χ2v) is 8.07. The van der Waals surface area contributed by atoms with E-state index in [-0.39, 0.29) is 36.9 Å². The zero-order valence-corrected chi connectivity index (χ0v) is 17.3. The lowest BCUT2D eigenvalue weighted by Crippen LogP contribution is -2.24. The Labute approximate surface area is 173 Å². The second kappa shape index (κ2) is 8.88. The molecule has 2 aromatic rings. The van der Waals surface area contributed by atoms with E-state index in [0.29, 0.717) is 17.0 Å². The van der Waals surface area contributed by atoms with Crippen LogP contribution in [0.15, 0.2) is 41.1 Å². The molecule has 2 atom stereocenters. The Hall–Kier alpha value is -2.18. The number of hydrogen-bond acceptors (Lipinski definition) is 6. The van der Waals surface area contributed by atoms with Crippen LogP contribution < -0.4 is 0 Å². The number of ketones is 1. The van der Waals surface area contributed by atoms with Crippen molar-refractivity contribution in [1.29, 1.82) is 0 Å². The molecule has 1 aromatic heterocycles. The predicted molar refractivity (Wildman–Crippen MR) is 109 cm³/mol. The van der Waals surface area contributed by atoms with Crippen molar-refractivity contribution in [2.45, 2.75) is 44.9 Å². The third-order valence-electron chi connectivity index (χ3n) is 4.95. The number of aliphatic hydroxyl groups is 1. The molecule has 148 valence electrons. The number of carbonyl (C=O) groups excluding carboxylic acids is 2. The Morgan fingerprint density at radius 1 is 1.39 bits per heavy atom. The number of allylic oxidation sites excluding steroid dienone is 2. The van der Waals surface area contributed by atoms with Gasteiger partial charge in [-0.25, -0.2) is 4.98 Å². The molecule has 2 unspecified atom stereocenters. The highest BCUT2D eigenvalue weighted by Gasteiger charge is 2.36. The van der Waals surface area contributed by atoms with Gasteiger partial charge < -0.3 is 9.84 Å². The first-order chi connectivity index (χ1) is 13.4. The first kappa shape index (κ1) is 20.6. The minimum atomic E-state index is -0.550. The molecule has 0 aliphatic heterocycles. The van der Waals surface area contributed by atoms with Crippen LogP contribution >= 0.6 is 22.9 Å². The average molecular weight is 420 g/mol. The Morgan fingerprint density at radius 3 is 2.75 bits per heavy atom. The maximum absolute atomic E-state index is 13.1. The number of esters is 1. The number of thiazole rings is 1. The largest absolute Gasteiger partial charge is 0.512 e. The lowest BCUT2D eigenvalue weighted by molar-refractivity contribution is -0.143. The number of Topliss-reactive ketones (excluding diaryl/α,β-unsaturated/α-hetero) is 1. The molecule has 3 rings (SSSR count). The zero-order chi connectivity index (χ0) is 20.3. The molecular formula is C21H22ClNO4S. The van der Waals surface area contributed by atoms with E-state index < -0.39 is 11.9 Å². The number of aliphatic hydroxyl groups excluding tert-OH is 1. The van der Waals surface area contributed by atoms with E-state index in [0.717, 1.165) is 16.1 Å². The number of halogens is 1. The van der Waals surface area contributed by atoms with Crippen LogP contribution in [0.25, 0.3) is 0 Å². The van der Waals surface area contributed by atoms with Crippen LogP contribution in [0.2, 0.25) is 5.02 Å². The first-order valence-electron chi connectivity index (χ1n) is 9.17. The highest BCUT2D eigenvalue weighted by atomic mass is 35.5. The molecule has 0 saturated heterocycles. The average Bonchev–Trinajstić information content (AvgIpc) is 3.06. The Bertz CT molecular complexity index is 921. The number of nitrogens with zero attached hydrogens (tertiary/aromatic N) is 1. The van der Waals surface area contributed by atoms with Crippen molar-refractivity contribution in [3.63, 3.8) is 0 Å². The van der Waals surface area contributed by atoms with Crippen LogP contribution in [-0.2, 0) is 14.3 Å². The Kier molecular flexibility index (Phi) is 6.52. The van der Waals surface area contributed by atoms with E-state index in [1.165, 1.54) is 11.3 Å². The normalized spacial score (nSPS) is 18.2. The van der Waals surface area contributed by atoms with Crippen molar-refractivity contribution < 1.29 is 19.4 Å². The van der Waals surface area contributed by atoms with E-state index >= 15 is 0 Å². The van der Waals surface area contributed by atoms with Crippen molar-refractivity contribution >= 4 is 34.7 Å². The summed E-state index contributed by atoms with van der Waals surface area (Å²) in [5.74, 6) is -1.29. The quantitative estimate of drug-likeness (QED) is 0.659. The summed E-state index contributed by atoms with van der Waals surface area (Å²) in [6.07, 6.45) is 0.543. The highest BCUT2D eigenvalue weighted by Crippen LogP contribution is 2.43. The summed E-state index contributed by atoms with van der Waals surface area (Å²) in [4.78, 5) is 30.3. The summed E-state index contributed by atoms with van der Waals surface area (Å²) in [6.45, 7) is 3.84. The molecular weight excluding hydrogens is 398 g/mol. The van der Waals surface area contributed by atoms with Crippen molar-refractivity contribution in [1.82, 2.24) is 4.98 Å². The van der Waals surface area contributed by atoms with Crippen LogP contribution in [0, 0.1) is 6.92 Å². The van der Waals surface area contributed by atoms with Crippen molar-refractivity contribution in [3.8, 4) is 0 Å². The van der Waals surface area contributed by atoms with Gasteiger partial charge in [-0.2, -0.15) is 0 Å². The molecule has 1 heterocycles. The molecule has 0 fully saturated rings. The maximum Gasteiger partial charge on any atom is 0.306 e. The summed E-state index contributed by atoms with van der Waals surface area (Å²) >= 11 is 7.66. The van der Waals surface area contributed by atoms with Gasteiger partial charge in [-0.15, -0.1) is 11.3 Å². The van der Waals surface area contributed by atoms with Crippen molar-refractivity contribution in [2.24, 2.45) is 0 Å². The molecule has 0 amide bonds. The van der Waals surface area contributed by atoms with Crippen molar-refractivity contribution in [3.05, 3.63) is 62.3 Å². The van der Waals surface area contributed by atoms with Gasteiger partial charge in [-0.05, 0) is 31.4 Å². The fourth-order valence-corrected chi connectivity index (χ4v) is 4.89. The third kappa shape index (κ3) is 4.28. The van der Waals surface area contributed by atoms with Crippen LogP contribution in [0.4, 0.5) is 0 Å². The van der Waals surface area contributed by atoms with Gasteiger partial charge in [0.25, 0.3) is 0 Å². The molecule has 1 N–H and O–H groups in total. The van der Waals surface area contributed by atoms with Gasteiger partial charge in [0.15, 0.2) is 5.78 Å². The number of carbonyl (C=O) groups is 2. The van der Waals surface area contributed by atoms with Gasteiger partial charge in [-0.3, -0.25) is 9.59 Å². The van der Waals surface area contributed by atoms with E-state index in [9.17, 15) is 14.7 Å².